The SMILES string of the molecule is CCN(CC)C(=O)Cc1nn(Cc2ccc(Cl)c(Cl)c2)c(=O)c2ccccc12. The summed E-state index contributed by atoms with van der Waals surface area (Å²) in [7, 11) is 0. The number of likely N-dealkylation sites (N-methyl/N-ethyl adjacent to an activating group) is 1. The molecule has 3 aromatic rings. The van der Waals surface area contributed by atoms with Gasteiger partial charge < -0.3 is 4.90 Å². The van der Waals surface area contributed by atoms with Crippen molar-refractivity contribution in [3.63, 3.8) is 0 Å². The zero-order valence-corrected chi connectivity index (χ0v) is 17.3. The number of benzene rings is 2. The first-order chi connectivity index (χ1) is 13.4. The van der Waals surface area contributed by atoms with Gasteiger partial charge in [0, 0.05) is 18.5 Å². The number of hydrogen-bond acceptors (Lipinski definition) is 3. The van der Waals surface area contributed by atoms with Crippen LogP contribution >= 0.6 is 23.2 Å². The van der Waals surface area contributed by atoms with E-state index in [-0.39, 0.29) is 24.4 Å². The van der Waals surface area contributed by atoms with Crippen LogP contribution in [0.2, 0.25) is 10.0 Å². The van der Waals surface area contributed by atoms with Gasteiger partial charge in [-0.05, 0) is 37.6 Å². The van der Waals surface area contributed by atoms with E-state index in [9.17, 15) is 9.59 Å². The highest BCUT2D eigenvalue weighted by Gasteiger charge is 2.17. The van der Waals surface area contributed by atoms with E-state index < -0.39 is 0 Å². The average Bonchev–Trinajstić information content (AvgIpc) is 2.69. The fraction of sp³-hybridized carbons (Fsp3) is 0.286. The first-order valence-electron chi connectivity index (χ1n) is 9.15. The summed E-state index contributed by atoms with van der Waals surface area (Å²) in [5.74, 6) is -0.0117. The van der Waals surface area contributed by atoms with E-state index in [4.69, 9.17) is 23.2 Å². The lowest BCUT2D eigenvalue weighted by molar-refractivity contribution is -0.130. The van der Waals surface area contributed by atoms with Gasteiger partial charge in [0.1, 0.15) is 0 Å². The van der Waals surface area contributed by atoms with Crippen LogP contribution in [0.4, 0.5) is 0 Å². The molecule has 0 radical (unpaired) electrons. The van der Waals surface area contributed by atoms with E-state index >= 15 is 0 Å². The molecule has 146 valence electrons. The van der Waals surface area contributed by atoms with E-state index in [2.05, 4.69) is 5.10 Å². The summed E-state index contributed by atoms with van der Waals surface area (Å²) in [6.07, 6.45) is 0.143. The van der Waals surface area contributed by atoms with Gasteiger partial charge in [0.15, 0.2) is 0 Å². The Balaban J connectivity index is 2.06. The molecule has 0 saturated carbocycles. The second kappa shape index (κ2) is 8.76. The van der Waals surface area contributed by atoms with Crippen molar-refractivity contribution in [3.05, 3.63) is 74.1 Å². The van der Waals surface area contributed by atoms with E-state index in [1.54, 1.807) is 29.2 Å². The molecule has 2 aromatic carbocycles. The topological polar surface area (TPSA) is 55.2 Å². The van der Waals surface area contributed by atoms with E-state index in [1.165, 1.54) is 4.68 Å². The number of halogens is 2. The number of amides is 1. The molecule has 1 amide bonds. The molecule has 0 fully saturated rings. The zero-order valence-electron chi connectivity index (χ0n) is 15.8. The lowest BCUT2D eigenvalue weighted by atomic mass is 10.1. The van der Waals surface area contributed by atoms with E-state index in [1.807, 2.05) is 32.0 Å². The Bertz CT molecular complexity index is 1070. The predicted octanol–water partition coefficient (Wildman–Crippen LogP) is 4.16. The number of carbonyl (C=O) groups is 1. The third-order valence-corrected chi connectivity index (χ3v) is 5.43. The molecule has 5 nitrogen and oxygen atoms in total. The maximum Gasteiger partial charge on any atom is 0.274 e. The fourth-order valence-electron chi connectivity index (χ4n) is 3.19. The van der Waals surface area contributed by atoms with Crippen LogP contribution in [0.25, 0.3) is 10.8 Å². The minimum Gasteiger partial charge on any atom is -0.343 e. The largest absolute Gasteiger partial charge is 0.343 e. The number of hydrogen-bond donors (Lipinski definition) is 0. The molecule has 0 aliphatic carbocycles. The molecule has 0 saturated heterocycles. The predicted molar refractivity (Wildman–Crippen MR) is 113 cm³/mol. The van der Waals surface area contributed by atoms with Crippen LogP contribution in [-0.2, 0) is 17.8 Å². The van der Waals surface area contributed by atoms with Gasteiger partial charge in [-0.3, -0.25) is 9.59 Å². The van der Waals surface area contributed by atoms with Gasteiger partial charge in [-0.25, -0.2) is 4.68 Å². The highest BCUT2D eigenvalue weighted by Crippen LogP contribution is 2.23. The molecule has 0 aliphatic rings. The van der Waals surface area contributed by atoms with Crippen LogP contribution in [0, 0.1) is 0 Å². The van der Waals surface area contributed by atoms with Crippen LogP contribution in [0.5, 0.6) is 0 Å². The molecular weight excluding hydrogens is 397 g/mol. The summed E-state index contributed by atoms with van der Waals surface area (Å²) >= 11 is 12.1. The Morgan fingerprint density at radius 2 is 1.71 bits per heavy atom. The van der Waals surface area contributed by atoms with Gasteiger partial charge >= 0.3 is 0 Å². The van der Waals surface area contributed by atoms with Gasteiger partial charge in [-0.2, -0.15) is 5.10 Å². The summed E-state index contributed by atoms with van der Waals surface area (Å²) in [5.41, 5.74) is 1.19. The smallest absolute Gasteiger partial charge is 0.274 e. The maximum atomic E-state index is 12.9. The van der Waals surface area contributed by atoms with Gasteiger partial charge in [0.2, 0.25) is 5.91 Å². The second-order valence-electron chi connectivity index (χ2n) is 6.45. The second-order valence-corrected chi connectivity index (χ2v) is 7.26. The lowest BCUT2D eigenvalue weighted by Crippen LogP contribution is -2.33. The standard InChI is InChI=1S/C21H21Cl2N3O2/c1-3-25(4-2)20(27)12-19-15-7-5-6-8-16(15)21(28)26(24-19)13-14-9-10-17(22)18(23)11-14/h5-11H,3-4,12-13H2,1-2H3. The van der Waals surface area contributed by atoms with Crippen LogP contribution in [0.15, 0.2) is 47.3 Å². The lowest BCUT2D eigenvalue weighted by Gasteiger charge is -2.19. The molecule has 0 bridgehead atoms. The first kappa shape index (κ1) is 20.4. The highest BCUT2D eigenvalue weighted by atomic mass is 35.5. The van der Waals surface area contributed by atoms with Gasteiger partial charge in [0.25, 0.3) is 5.56 Å². The molecule has 0 spiro atoms. The maximum absolute atomic E-state index is 12.9. The van der Waals surface area contributed by atoms with Crippen molar-refractivity contribution in [1.82, 2.24) is 14.7 Å². The quantitative estimate of drug-likeness (QED) is 0.604. The van der Waals surface area contributed by atoms with Crippen molar-refractivity contribution in [2.24, 2.45) is 0 Å². The minimum atomic E-state index is -0.208. The molecule has 1 heterocycles. The van der Waals surface area contributed by atoms with Crippen molar-refractivity contribution >= 4 is 39.9 Å². The molecule has 0 N–H and O–H groups in total. The van der Waals surface area contributed by atoms with Gasteiger partial charge in [0.05, 0.1) is 34.1 Å². The number of carbonyl (C=O) groups excluding carboxylic acids is 1. The molecule has 3 rings (SSSR count). The normalized spacial score (nSPS) is 11.0. The van der Waals surface area contributed by atoms with E-state index in [0.29, 0.717) is 39.6 Å². The first-order valence-corrected chi connectivity index (χ1v) is 9.90. The highest BCUT2D eigenvalue weighted by molar-refractivity contribution is 6.42. The van der Waals surface area contributed by atoms with Crippen LogP contribution in [-0.4, -0.2) is 33.7 Å². The summed E-state index contributed by atoms with van der Waals surface area (Å²) < 4.78 is 1.38. The summed E-state index contributed by atoms with van der Waals surface area (Å²) in [6.45, 7) is 5.40. The summed E-state index contributed by atoms with van der Waals surface area (Å²) in [4.78, 5) is 27.3. The number of aromatic nitrogens is 2. The molecule has 0 atom stereocenters. The molecule has 0 unspecified atom stereocenters. The minimum absolute atomic E-state index is 0.0117. The van der Waals surface area contributed by atoms with Crippen molar-refractivity contribution in [2.45, 2.75) is 26.8 Å². The fourth-order valence-corrected chi connectivity index (χ4v) is 3.51. The van der Waals surface area contributed by atoms with Crippen molar-refractivity contribution < 1.29 is 4.79 Å². The third kappa shape index (κ3) is 4.21. The zero-order chi connectivity index (χ0) is 20.3. The number of fused-ring (bicyclic) bond motifs is 1. The Hall–Kier alpha value is -2.37. The third-order valence-electron chi connectivity index (χ3n) is 4.70. The number of nitrogens with zero attached hydrogens (tertiary/aromatic N) is 3. The molecular formula is C21H21Cl2N3O2. The Labute approximate surface area is 173 Å². The van der Waals surface area contributed by atoms with Crippen molar-refractivity contribution in [1.29, 1.82) is 0 Å². The molecule has 7 heteroatoms. The average molecular weight is 418 g/mol. The van der Waals surface area contributed by atoms with Crippen LogP contribution in [0.1, 0.15) is 25.1 Å². The van der Waals surface area contributed by atoms with Crippen molar-refractivity contribution in [2.75, 3.05) is 13.1 Å². The van der Waals surface area contributed by atoms with Crippen LogP contribution in [0.3, 0.4) is 0 Å². The summed E-state index contributed by atoms with van der Waals surface area (Å²) in [5, 5.41) is 6.64. The molecule has 0 aliphatic heterocycles. The van der Waals surface area contributed by atoms with Gasteiger partial charge in [-0.1, -0.05) is 47.5 Å². The van der Waals surface area contributed by atoms with Crippen LogP contribution < -0.4 is 5.56 Å². The summed E-state index contributed by atoms with van der Waals surface area (Å²) in [6, 6.07) is 12.5. The van der Waals surface area contributed by atoms with Gasteiger partial charge in [-0.15, -0.1) is 0 Å². The number of rotatable bonds is 6. The Kier molecular flexibility index (Phi) is 6.37. The van der Waals surface area contributed by atoms with E-state index in [0.717, 1.165) is 5.56 Å². The molecule has 28 heavy (non-hydrogen) atoms. The van der Waals surface area contributed by atoms with Crippen molar-refractivity contribution in [3.8, 4) is 0 Å². The molecule has 1 aromatic heterocycles. The monoisotopic (exact) mass is 417 g/mol. The Morgan fingerprint density at radius 3 is 2.36 bits per heavy atom. The Morgan fingerprint density at radius 1 is 1.04 bits per heavy atom.